The third-order valence-electron chi connectivity index (χ3n) is 5.03. The van der Waals surface area contributed by atoms with E-state index in [2.05, 4.69) is 40.1 Å². The largest absolute Gasteiger partial charge is 0.480 e. The summed E-state index contributed by atoms with van der Waals surface area (Å²) in [6.07, 6.45) is 0.744. The molecular formula is C24H25N3O4S. The fourth-order valence-corrected chi connectivity index (χ4v) is 4.55. The van der Waals surface area contributed by atoms with Crippen LogP contribution in [0.3, 0.4) is 0 Å². The molecule has 0 unspecified atom stereocenters. The second-order valence-electron chi connectivity index (χ2n) is 7.25. The monoisotopic (exact) mass is 451 g/mol. The number of amides is 1. The van der Waals surface area contributed by atoms with Gasteiger partial charge in [0.15, 0.2) is 0 Å². The summed E-state index contributed by atoms with van der Waals surface area (Å²) in [5, 5.41) is 17.5. The summed E-state index contributed by atoms with van der Waals surface area (Å²) in [5.41, 5.74) is 2.24. The van der Waals surface area contributed by atoms with Crippen molar-refractivity contribution in [2.45, 2.75) is 24.8 Å². The van der Waals surface area contributed by atoms with E-state index in [1.807, 2.05) is 42.5 Å². The number of carboxylic acids is 1. The van der Waals surface area contributed by atoms with Gasteiger partial charge in [-0.25, -0.2) is 4.79 Å². The first-order valence-corrected chi connectivity index (χ1v) is 11.1. The number of nitroso groups, excluding NO2 is 1. The van der Waals surface area contributed by atoms with E-state index in [-0.39, 0.29) is 19.0 Å². The lowest BCUT2D eigenvalue weighted by molar-refractivity contribution is -0.139. The normalized spacial score (nSPS) is 11.8. The van der Waals surface area contributed by atoms with Crippen molar-refractivity contribution in [2.24, 2.45) is 5.18 Å². The van der Waals surface area contributed by atoms with Gasteiger partial charge >= 0.3 is 5.97 Å². The second kappa shape index (κ2) is 11.9. The minimum Gasteiger partial charge on any atom is -0.480 e. The molecule has 166 valence electrons. The maximum atomic E-state index is 12.8. The molecule has 0 saturated carbocycles. The molecule has 1 atom stereocenters. The summed E-state index contributed by atoms with van der Waals surface area (Å²) < 4.78 is 0. The van der Waals surface area contributed by atoms with Crippen LogP contribution in [0.4, 0.5) is 0 Å². The lowest BCUT2D eigenvalue weighted by Crippen LogP contribution is -2.40. The van der Waals surface area contributed by atoms with Gasteiger partial charge in [0.2, 0.25) is 0 Å². The lowest BCUT2D eigenvalue weighted by atomic mass is 9.90. The summed E-state index contributed by atoms with van der Waals surface area (Å²) in [5.74, 6) is -1.51. The van der Waals surface area contributed by atoms with Crippen molar-refractivity contribution in [3.05, 3.63) is 98.6 Å². The molecule has 0 aliphatic rings. The van der Waals surface area contributed by atoms with Crippen LogP contribution in [0.5, 0.6) is 0 Å². The van der Waals surface area contributed by atoms with Crippen LogP contribution in [-0.2, 0) is 4.79 Å². The zero-order chi connectivity index (χ0) is 22.8. The number of nitrogens with one attached hydrogen (secondary N) is 2. The van der Waals surface area contributed by atoms with Crippen LogP contribution in [0.1, 0.15) is 44.4 Å². The highest BCUT2D eigenvalue weighted by Gasteiger charge is 2.23. The van der Waals surface area contributed by atoms with Gasteiger partial charge in [0.25, 0.3) is 5.91 Å². The Morgan fingerprint density at radius 3 is 2.12 bits per heavy atom. The van der Waals surface area contributed by atoms with Gasteiger partial charge in [-0.15, -0.1) is 16.2 Å². The minimum absolute atomic E-state index is 0.0169. The van der Waals surface area contributed by atoms with Crippen molar-refractivity contribution in [1.82, 2.24) is 10.6 Å². The molecular weight excluding hydrogens is 426 g/mol. The van der Waals surface area contributed by atoms with Crippen molar-refractivity contribution in [3.8, 4) is 0 Å². The zero-order valence-corrected chi connectivity index (χ0v) is 18.3. The summed E-state index contributed by atoms with van der Waals surface area (Å²) in [6.45, 7) is 0.427. The first-order valence-electron chi connectivity index (χ1n) is 10.3. The Morgan fingerprint density at radius 2 is 1.56 bits per heavy atom. The molecule has 32 heavy (non-hydrogen) atoms. The molecule has 0 saturated heterocycles. The van der Waals surface area contributed by atoms with Gasteiger partial charge in [-0.3, -0.25) is 10.1 Å². The van der Waals surface area contributed by atoms with Gasteiger partial charge in [-0.2, -0.15) is 0 Å². The number of rotatable bonds is 12. The van der Waals surface area contributed by atoms with E-state index >= 15 is 0 Å². The van der Waals surface area contributed by atoms with Crippen LogP contribution in [0.15, 0.2) is 78.0 Å². The molecule has 8 heteroatoms. The van der Waals surface area contributed by atoms with Crippen molar-refractivity contribution in [1.29, 1.82) is 0 Å². The topological polar surface area (TPSA) is 108 Å². The van der Waals surface area contributed by atoms with Crippen LogP contribution in [0.2, 0.25) is 0 Å². The summed E-state index contributed by atoms with van der Waals surface area (Å²) in [7, 11) is 0. The van der Waals surface area contributed by atoms with E-state index in [4.69, 9.17) is 0 Å². The fourth-order valence-electron chi connectivity index (χ4n) is 3.48. The third kappa shape index (κ3) is 6.32. The molecule has 7 nitrogen and oxygen atoms in total. The number of hydrogen-bond donors (Lipinski definition) is 3. The van der Waals surface area contributed by atoms with Crippen molar-refractivity contribution in [2.75, 3.05) is 13.2 Å². The number of carboxylic acid groups (broad SMARTS) is 1. The summed E-state index contributed by atoms with van der Waals surface area (Å²) >= 11 is 1.36. The molecule has 3 aromatic rings. The van der Waals surface area contributed by atoms with Crippen molar-refractivity contribution in [3.63, 3.8) is 0 Å². The Bertz CT molecular complexity index is 984. The van der Waals surface area contributed by atoms with Gasteiger partial charge in [0.1, 0.15) is 12.7 Å². The zero-order valence-electron chi connectivity index (χ0n) is 17.4. The third-order valence-corrected chi connectivity index (χ3v) is 6.18. The SMILES string of the molecule is O=NCNCCC[C@H](NC(=O)c1ccc(C(c2ccccc2)c2ccccc2)s1)C(=O)O. The molecule has 0 bridgehead atoms. The lowest BCUT2D eigenvalue weighted by Gasteiger charge is -2.17. The molecule has 3 N–H and O–H groups in total. The van der Waals surface area contributed by atoms with E-state index in [0.717, 1.165) is 16.0 Å². The Labute approximate surface area is 190 Å². The molecule has 2 aromatic carbocycles. The van der Waals surface area contributed by atoms with E-state index in [9.17, 15) is 19.6 Å². The molecule has 3 rings (SSSR count). The molecule has 0 aliphatic heterocycles. The van der Waals surface area contributed by atoms with Gasteiger partial charge in [-0.05, 0) is 42.6 Å². The van der Waals surface area contributed by atoms with E-state index in [1.54, 1.807) is 6.07 Å². The summed E-state index contributed by atoms with van der Waals surface area (Å²) in [4.78, 5) is 35.9. The van der Waals surface area contributed by atoms with Crippen LogP contribution in [0, 0.1) is 4.91 Å². The smallest absolute Gasteiger partial charge is 0.326 e. The Hall–Kier alpha value is -3.36. The first-order chi connectivity index (χ1) is 15.6. The Kier molecular flexibility index (Phi) is 8.65. The Morgan fingerprint density at radius 1 is 0.938 bits per heavy atom. The van der Waals surface area contributed by atoms with Gasteiger partial charge in [-0.1, -0.05) is 65.8 Å². The molecule has 0 spiro atoms. The highest BCUT2D eigenvalue weighted by molar-refractivity contribution is 7.14. The second-order valence-corrected chi connectivity index (χ2v) is 8.37. The fraction of sp³-hybridized carbons (Fsp3) is 0.250. The molecule has 0 aliphatic carbocycles. The number of carbonyl (C=O) groups is 2. The number of aliphatic carboxylic acids is 1. The first kappa shape index (κ1) is 23.3. The minimum atomic E-state index is -1.09. The van der Waals surface area contributed by atoms with Gasteiger partial charge < -0.3 is 10.4 Å². The molecule has 1 heterocycles. The number of nitrogens with zero attached hydrogens (tertiary/aromatic N) is 1. The molecule has 1 amide bonds. The molecule has 0 radical (unpaired) electrons. The maximum Gasteiger partial charge on any atom is 0.326 e. The number of carbonyl (C=O) groups excluding carboxylic acids is 1. The Balaban J connectivity index is 1.74. The maximum absolute atomic E-state index is 12.8. The van der Waals surface area contributed by atoms with Gasteiger partial charge in [0, 0.05) is 10.8 Å². The van der Waals surface area contributed by atoms with Crippen LogP contribution >= 0.6 is 11.3 Å². The standard InChI is InChI=1S/C24H25N3O4S/c28-23(27-19(24(29)30)12-7-15-25-16-26-31)21-14-13-20(32-21)22(17-8-3-1-4-9-17)18-10-5-2-6-11-18/h1-6,8-11,13-14,19,22,25H,7,12,15-16H2,(H,27,28)(H,29,30)/t19-/m0/s1. The van der Waals surface area contributed by atoms with Crippen LogP contribution in [-0.4, -0.2) is 36.2 Å². The van der Waals surface area contributed by atoms with E-state index < -0.39 is 17.9 Å². The van der Waals surface area contributed by atoms with E-state index in [0.29, 0.717) is 17.8 Å². The average Bonchev–Trinajstić information content (AvgIpc) is 3.29. The van der Waals surface area contributed by atoms with Crippen LogP contribution in [0.25, 0.3) is 0 Å². The van der Waals surface area contributed by atoms with Crippen molar-refractivity contribution >= 4 is 23.2 Å². The average molecular weight is 452 g/mol. The predicted molar refractivity (Wildman–Crippen MR) is 125 cm³/mol. The number of thiophene rings is 1. The van der Waals surface area contributed by atoms with Gasteiger partial charge in [0.05, 0.1) is 4.88 Å². The van der Waals surface area contributed by atoms with Crippen LogP contribution < -0.4 is 10.6 Å². The van der Waals surface area contributed by atoms with Crippen molar-refractivity contribution < 1.29 is 14.7 Å². The van der Waals surface area contributed by atoms with E-state index in [1.165, 1.54) is 11.3 Å². The highest BCUT2D eigenvalue weighted by atomic mass is 32.1. The predicted octanol–water partition coefficient (Wildman–Crippen LogP) is 4.21. The summed E-state index contributed by atoms with van der Waals surface area (Å²) in [6, 6.07) is 22.8. The molecule has 0 fully saturated rings. The molecule has 1 aromatic heterocycles. The quantitative estimate of drug-likeness (QED) is 0.282. The number of hydrogen-bond acceptors (Lipinski definition) is 6. The highest BCUT2D eigenvalue weighted by Crippen LogP contribution is 2.36. The number of benzene rings is 2.